The highest BCUT2D eigenvalue weighted by molar-refractivity contribution is 7.84. The van der Waals surface area contributed by atoms with Crippen LogP contribution in [0, 0.1) is 11.8 Å². The Bertz CT molecular complexity index is 318. The molecule has 6 heteroatoms. The lowest BCUT2D eigenvalue weighted by atomic mass is 10.3. The summed E-state index contributed by atoms with van der Waals surface area (Å²) in [6.07, 6.45) is 2.73. The molecule has 1 saturated carbocycles. The Kier molecular flexibility index (Phi) is 4.46. The average Bonchev–Trinajstić information content (AvgIpc) is 2.96. The van der Waals surface area contributed by atoms with Crippen molar-refractivity contribution in [2.24, 2.45) is 11.8 Å². The van der Waals surface area contributed by atoms with Gasteiger partial charge in [-0.05, 0) is 12.8 Å². The lowest BCUT2D eigenvalue weighted by Gasteiger charge is -2.08. The molecular weight excluding hydrogens is 230 g/mol. The number of carbonyl (C=O) groups excluding carboxylic acids is 1. The lowest BCUT2D eigenvalue weighted by molar-refractivity contribution is -0.140. The molecule has 0 radical (unpaired) electrons. The van der Waals surface area contributed by atoms with Gasteiger partial charge in [0, 0.05) is 28.9 Å². The number of rotatable bonds is 6. The highest BCUT2D eigenvalue weighted by Crippen LogP contribution is 2.38. The monoisotopic (exact) mass is 247 g/mol. The van der Waals surface area contributed by atoms with Gasteiger partial charge in [0.2, 0.25) is 5.91 Å². The third-order valence-electron chi connectivity index (χ3n) is 2.86. The molecule has 0 aliphatic heterocycles. The Morgan fingerprint density at radius 2 is 2.12 bits per heavy atom. The Morgan fingerprint density at radius 3 is 2.56 bits per heavy atom. The number of carboxylic acid groups (broad SMARTS) is 1. The quantitative estimate of drug-likeness (QED) is 0.691. The molecule has 1 amide bonds. The number of nitrogens with one attached hydrogen (secondary N) is 1. The standard InChI is InChI=1S/C10H17NO4S/c1-6(16(2)15)3-4-11-9(12)7-5-8(7)10(13)14/h6-8H,3-5H2,1-2H3,(H,11,12)(H,13,14)/t6?,7-,8+,16?/m1/s1. The number of aliphatic carboxylic acids is 1. The van der Waals surface area contributed by atoms with Crippen molar-refractivity contribution >= 4 is 22.7 Å². The summed E-state index contributed by atoms with van der Waals surface area (Å²) in [6, 6.07) is 0. The van der Waals surface area contributed by atoms with Crippen molar-refractivity contribution in [1.82, 2.24) is 5.32 Å². The van der Waals surface area contributed by atoms with E-state index in [0.29, 0.717) is 19.4 Å². The van der Waals surface area contributed by atoms with Gasteiger partial charge in [-0.25, -0.2) is 0 Å². The molecule has 1 fully saturated rings. The van der Waals surface area contributed by atoms with E-state index in [4.69, 9.17) is 5.11 Å². The fourth-order valence-electron chi connectivity index (χ4n) is 1.45. The van der Waals surface area contributed by atoms with Crippen LogP contribution in [0.25, 0.3) is 0 Å². The molecule has 1 rings (SSSR count). The van der Waals surface area contributed by atoms with Crippen molar-refractivity contribution in [2.45, 2.75) is 25.0 Å². The first-order chi connectivity index (χ1) is 7.43. The van der Waals surface area contributed by atoms with E-state index >= 15 is 0 Å². The van der Waals surface area contributed by atoms with Gasteiger partial charge >= 0.3 is 5.97 Å². The van der Waals surface area contributed by atoms with Crippen LogP contribution < -0.4 is 5.32 Å². The Labute approximate surface area is 97.1 Å². The summed E-state index contributed by atoms with van der Waals surface area (Å²) >= 11 is 0. The molecule has 92 valence electrons. The van der Waals surface area contributed by atoms with Gasteiger partial charge in [0.05, 0.1) is 11.8 Å². The van der Waals surface area contributed by atoms with Crippen LogP contribution in [0.3, 0.4) is 0 Å². The van der Waals surface area contributed by atoms with E-state index in [9.17, 15) is 13.8 Å². The van der Waals surface area contributed by atoms with Gasteiger partial charge in [-0.1, -0.05) is 6.92 Å². The summed E-state index contributed by atoms with van der Waals surface area (Å²) in [5, 5.41) is 11.4. The topological polar surface area (TPSA) is 83.5 Å². The summed E-state index contributed by atoms with van der Waals surface area (Å²) in [7, 11) is -0.880. The van der Waals surface area contributed by atoms with Crippen LogP contribution in [-0.4, -0.2) is 39.2 Å². The minimum Gasteiger partial charge on any atom is -0.481 e. The van der Waals surface area contributed by atoms with Crippen molar-refractivity contribution in [1.29, 1.82) is 0 Å². The molecule has 1 aliphatic rings. The summed E-state index contributed by atoms with van der Waals surface area (Å²) in [6.45, 7) is 2.32. The van der Waals surface area contributed by atoms with Gasteiger partial charge in [-0.2, -0.15) is 0 Å². The fraction of sp³-hybridized carbons (Fsp3) is 0.800. The molecule has 0 spiro atoms. The van der Waals surface area contributed by atoms with Crippen molar-refractivity contribution in [3.8, 4) is 0 Å². The molecule has 2 N–H and O–H groups in total. The Balaban J connectivity index is 2.18. The predicted octanol–water partition coefficient (Wildman–Crippen LogP) is -0.0196. The molecule has 0 heterocycles. The first kappa shape index (κ1) is 13.2. The highest BCUT2D eigenvalue weighted by atomic mass is 32.2. The zero-order valence-electron chi connectivity index (χ0n) is 9.43. The van der Waals surface area contributed by atoms with E-state index in [-0.39, 0.29) is 17.1 Å². The van der Waals surface area contributed by atoms with Gasteiger partial charge in [-0.3, -0.25) is 13.8 Å². The number of carbonyl (C=O) groups is 2. The Morgan fingerprint density at radius 1 is 1.50 bits per heavy atom. The number of hydrogen-bond donors (Lipinski definition) is 2. The SMILES string of the molecule is CC(CCNC(=O)[C@@H]1C[C@@H]1C(=O)O)S(C)=O. The molecule has 0 aromatic heterocycles. The summed E-state index contributed by atoms with van der Waals surface area (Å²) in [5.74, 6) is -1.96. The third kappa shape index (κ3) is 3.59. The molecule has 16 heavy (non-hydrogen) atoms. The van der Waals surface area contributed by atoms with Crippen LogP contribution in [0.1, 0.15) is 19.8 Å². The van der Waals surface area contributed by atoms with E-state index in [1.54, 1.807) is 6.26 Å². The van der Waals surface area contributed by atoms with Gasteiger partial charge in [0.1, 0.15) is 0 Å². The molecule has 5 nitrogen and oxygen atoms in total. The fourth-order valence-corrected chi connectivity index (χ4v) is 1.90. The first-order valence-electron chi connectivity index (χ1n) is 5.26. The first-order valence-corrected chi connectivity index (χ1v) is 6.88. The van der Waals surface area contributed by atoms with Crippen LogP contribution in [0.5, 0.6) is 0 Å². The largest absolute Gasteiger partial charge is 0.481 e. The second-order valence-corrected chi connectivity index (χ2v) is 5.98. The smallest absolute Gasteiger partial charge is 0.307 e. The molecule has 1 aliphatic carbocycles. The Hall–Kier alpha value is -0.910. The van der Waals surface area contributed by atoms with Crippen LogP contribution in [0.4, 0.5) is 0 Å². The van der Waals surface area contributed by atoms with Crippen LogP contribution >= 0.6 is 0 Å². The van der Waals surface area contributed by atoms with E-state index in [1.807, 2.05) is 6.92 Å². The zero-order valence-corrected chi connectivity index (χ0v) is 10.3. The van der Waals surface area contributed by atoms with Gasteiger partial charge < -0.3 is 10.4 Å². The zero-order chi connectivity index (χ0) is 12.3. The number of hydrogen-bond acceptors (Lipinski definition) is 3. The van der Waals surface area contributed by atoms with E-state index in [1.165, 1.54) is 0 Å². The minimum atomic E-state index is -0.900. The summed E-state index contributed by atoms with van der Waals surface area (Å²) < 4.78 is 11.0. The molecular formula is C10H17NO4S. The molecule has 0 saturated heterocycles. The number of carboxylic acids is 1. The minimum absolute atomic E-state index is 0.0507. The van der Waals surface area contributed by atoms with E-state index in [0.717, 1.165) is 0 Å². The second kappa shape index (κ2) is 5.43. The molecule has 0 bridgehead atoms. The molecule has 0 aromatic rings. The third-order valence-corrected chi connectivity index (χ3v) is 4.23. The molecule has 4 atom stereocenters. The van der Waals surface area contributed by atoms with Crippen molar-refractivity contribution < 1.29 is 18.9 Å². The molecule has 0 aromatic carbocycles. The van der Waals surface area contributed by atoms with Crippen LogP contribution in [0.2, 0.25) is 0 Å². The van der Waals surface area contributed by atoms with Crippen LogP contribution in [0.15, 0.2) is 0 Å². The maximum Gasteiger partial charge on any atom is 0.307 e. The summed E-state index contributed by atoms with van der Waals surface area (Å²) in [5.41, 5.74) is 0. The second-order valence-electron chi connectivity index (χ2n) is 4.18. The van der Waals surface area contributed by atoms with Gasteiger partial charge in [0.25, 0.3) is 0 Å². The van der Waals surface area contributed by atoms with Gasteiger partial charge in [-0.15, -0.1) is 0 Å². The van der Waals surface area contributed by atoms with Crippen LogP contribution in [-0.2, 0) is 20.4 Å². The van der Waals surface area contributed by atoms with E-state index in [2.05, 4.69) is 5.32 Å². The highest BCUT2D eigenvalue weighted by Gasteiger charge is 2.48. The van der Waals surface area contributed by atoms with Crippen molar-refractivity contribution in [3.63, 3.8) is 0 Å². The van der Waals surface area contributed by atoms with E-state index < -0.39 is 22.7 Å². The van der Waals surface area contributed by atoms with Crippen molar-refractivity contribution in [2.75, 3.05) is 12.8 Å². The number of amides is 1. The normalized spacial score (nSPS) is 26.9. The van der Waals surface area contributed by atoms with Gasteiger partial charge in [0.15, 0.2) is 0 Å². The maximum atomic E-state index is 11.4. The average molecular weight is 247 g/mol. The molecule has 2 unspecified atom stereocenters. The maximum absolute atomic E-state index is 11.4. The lowest BCUT2D eigenvalue weighted by Crippen LogP contribution is -2.29. The van der Waals surface area contributed by atoms with Crippen molar-refractivity contribution in [3.05, 3.63) is 0 Å². The predicted molar refractivity (Wildman–Crippen MR) is 60.4 cm³/mol. The summed E-state index contributed by atoms with van der Waals surface area (Å²) in [4.78, 5) is 21.9.